The van der Waals surface area contributed by atoms with Crippen molar-refractivity contribution in [3.8, 4) is 22.8 Å². The average molecular weight is 523 g/mol. The predicted octanol–water partition coefficient (Wildman–Crippen LogP) is 7.28. The number of aryl methyl sites for hydroxylation is 2. The standard InChI is InChI=1S/C27H37F3N2O3Si/c1-10-22(26(7,8)35-36-25(4,5)6)32-15-17(3)24-20(32)13-16(2)23(31-24)19-12-11-18(14-21(19)33-9)34-27(28,29)30/h11-15,22H,10,36H2,1-9H3/t22-/m0/s1. The summed E-state index contributed by atoms with van der Waals surface area (Å²) < 4.78 is 56.3. The van der Waals surface area contributed by atoms with Crippen LogP contribution in [0.25, 0.3) is 22.3 Å². The number of rotatable bonds is 8. The molecule has 2 aromatic heterocycles. The van der Waals surface area contributed by atoms with Gasteiger partial charge in [-0.05, 0) is 68.5 Å². The molecule has 0 saturated heterocycles. The Labute approximate surface area is 213 Å². The summed E-state index contributed by atoms with van der Waals surface area (Å²) in [4.78, 5) is 4.97. The molecule has 1 atom stereocenters. The maximum atomic E-state index is 12.7. The molecule has 0 amide bonds. The Balaban J connectivity index is 2.07. The van der Waals surface area contributed by atoms with Crippen molar-refractivity contribution in [2.45, 2.75) is 84.9 Å². The molecule has 198 valence electrons. The molecule has 2 heterocycles. The third-order valence-electron chi connectivity index (χ3n) is 6.24. The molecule has 1 aromatic carbocycles. The van der Waals surface area contributed by atoms with E-state index >= 15 is 0 Å². The zero-order valence-electron chi connectivity index (χ0n) is 22.6. The first kappa shape index (κ1) is 28.1. The number of alkyl halides is 3. The molecule has 5 nitrogen and oxygen atoms in total. The highest BCUT2D eigenvalue weighted by atomic mass is 28.2. The van der Waals surface area contributed by atoms with E-state index in [1.807, 2.05) is 13.8 Å². The van der Waals surface area contributed by atoms with E-state index in [9.17, 15) is 13.2 Å². The quantitative estimate of drug-likeness (QED) is 0.292. The summed E-state index contributed by atoms with van der Waals surface area (Å²) in [5, 5.41) is 0.191. The molecule has 0 saturated carbocycles. The third-order valence-corrected chi connectivity index (χ3v) is 8.00. The third kappa shape index (κ3) is 6.24. The van der Waals surface area contributed by atoms with Gasteiger partial charge in [-0.1, -0.05) is 27.7 Å². The summed E-state index contributed by atoms with van der Waals surface area (Å²) in [5.74, 6) is -0.0760. The van der Waals surface area contributed by atoms with Gasteiger partial charge in [-0.15, -0.1) is 13.2 Å². The molecule has 0 N–H and O–H groups in total. The molecule has 9 heteroatoms. The predicted molar refractivity (Wildman–Crippen MR) is 141 cm³/mol. The van der Waals surface area contributed by atoms with Gasteiger partial charge in [0.2, 0.25) is 0 Å². The fourth-order valence-electron chi connectivity index (χ4n) is 4.54. The molecule has 0 aliphatic heterocycles. The maximum absolute atomic E-state index is 12.7. The van der Waals surface area contributed by atoms with E-state index in [4.69, 9.17) is 14.1 Å². The van der Waals surface area contributed by atoms with Crippen molar-refractivity contribution in [1.82, 2.24) is 9.55 Å². The molecule has 0 aliphatic carbocycles. The molecule has 0 bridgehead atoms. The monoisotopic (exact) mass is 522 g/mol. The fraction of sp³-hybridized carbons (Fsp3) is 0.519. The first-order valence-electron chi connectivity index (χ1n) is 12.1. The van der Waals surface area contributed by atoms with E-state index in [1.54, 1.807) is 6.07 Å². The Kier molecular flexibility index (Phi) is 7.86. The SMILES string of the molecule is CC[C@H](n1cc(C)c2nc(-c3ccc(OC(F)(F)F)cc3OC)c(C)cc21)C(C)(C)O[SiH2]C(C)(C)C. The lowest BCUT2D eigenvalue weighted by molar-refractivity contribution is -0.274. The molecule has 0 unspecified atom stereocenters. The van der Waals surface area contributed by atoms with Crippen LogP contribution in [0, 0.1) is 13.8 Å². The number of nitrogens with zero attached hydrogens (tertiary/aromatic N) is 2. The van der Waals surface area contributed by atoms with E-state index < -0.39 is 16.1 Å². The zero-order valence-corrected chi connectivity index (χ0v) is 24.0. The van der Waals surface area contributed by atoms with Gasteiger partial charge >= 0.3 is 6.36 Å². The summed E-state index contributed by atoms with van der Waals surface area (Å²) in [7, 11) is 0.666. The van der Waals surface area contributed by atoms with Crippen LogP contribution in [0.2, 0.25) is 5.04 Å². The zero-order chi connectivity index (χ0) is 27.1. The van der Waals surface area contributed by atoms with E-state index in [2.05, 4.69) is 63.1 Å². The van der Waals surface area contributed by atoms with Crippen LogP contribution in [-0.4, -0.2) is 38.4 Å². The maximum Gasteiger partial charge on any atom is 0.573 e. The topological polar surface area (TPSA) is 45.5 Å². The highest BCUT2D eigenvalue weighted by molar-refractivity contribution is 6.31. The second-order valence-corrected chi connectivity index (χ2v) is 13.7. The molecular formula is C27H37F3N2O3Si. The van der Waals surface area contributed by atoms with Gasteiger partial charge in [0, 0.05) is 17.8 Å². The molecule has 0 aliphatic rings. The Morgan fingerprint density at radius 2 is 1.69 bits per heavy atom. The fourth-order valence-corrected chi connectivity index (χ4v) is 5.54. The number of methoxy groups -OCH3 is 1. The highest BCUT2D eigenvalue weighted by Gasteiger charge is 2.34. The van der Waals surface area contributed by atoms with Crippen LogP contribution < -0.4 is 9.47 Å². The molecule has 0 spiro atoms. The number of halogens is 3. The molecule has 36 heavy (non-hydrogen) atoms. The lowest BCUT2D eigenvalue weighted by atomic mass is 9.96. The largest absolute Gasteiger partial charge is 0.573 e. The Morgan fingerprint density at radius 1 is 1.03 bits per heavy atom. The van der Waals surface area contributed by atoms with Crippen LogP contribution in [0.5, 0.6) is 11.5 Å². The lowest BCUT2D eigenvalue weighted by Crippen LogP contribution is -2.38. The van der Waals surface area contributed by atoms with Crippen molar-refractivity contribution >= 4 is 20.8 Å². The number of fused-ring (bicyclic) bond motifs is 1. The van der Waals surface area contributed by atoms with Gasteiger partial charge in [-0.2, -0.15) is 0 Å². The summed E-state index contributed by atoms with van der Waals surface area (Å²) in [5.41, 5.74) is 4.66. The van der Waals surface area contributed by atoms with Crippen molar-refractivity contribution in [3.63, 3.8) is 0 Å². The summed E-state index contributed by atoms with van der Waals surface area (Å²) in [6.07, 6.45) is -1.76. The van der Waals surface area contributed by atoms with Crippen LogP contribution in [0.1, 0.15) is 65.1 Å². The Hall–Kier alpha value is -2.52. The number of aromatic nitrogens is 2. The number of hydrogen-bond donors (Lipinski definition) is 0. The average Bonchev–Trinajstić information content (AvgIpc) is 3.05. The first-order valence-corrected chi connectivity index (χ1v) is 13.4. The van der Waals surface area contributed by atoms with Gasteiger partial charge in [-0.3, -0.25) is 0 Å². The minimum Gasteiger partial charge on any atom is -0.496 e. The number of hydrogen-bond acceptors (Lipinski definition) is 4. The van der Waals surface area contributed by atoms with Gasteiger partial charge < -0.3 is 18.5 Å². The van der Waals surface area contributed by atoms with Crippen molar-refractivity contribution in [2.24, 2.45) is 0 Å². The van der Waals surface area contributed by atoms with Gasteiger partial charge in [-0.25, -0.2) is 4.98 Å². The summed E-state index contributed by atoms with van der Waals surface area (Å²) in [6.45, 7) is 17.1. The molecular weight excluding hydrogens is 485 g/mol. The van der Waals surface area contributed by atoms with E-state index in [0.717, 1.165) is 28.6 Å². The van der Waals surface area contributed by atoms with Crippen molar-refractivity contribution in [1.29, 1.82) is 0 Å². The number of ether oxygens (including phenoxy) is 2. The van der Waals surface area contributed by atoms with Crippen LogP contribution in [0.4, 0.5) is 13.2 Å². The van der Waals surface area contributed by atoms with E-state index in [1.165, 1.54) is 19.2 Å². The Bertz CT molecular complexity index is 1230. The van der Waals surface area contributed by atoms with E-state index in [0.29, 0.717) is 11.3 Å². The second-order valence-electron chi connectivity index (χ2n) is 11.0. The lowest BCUT2D eigenvalue weighted by Gasteiger charge is -2.38. The van der Waals surface area contributed by atoms with Crippen molar-refractivity contribution in [2.75, 3.05) is 7.11 Å². The second kappa shape index (κ2) is 10.1. The number of pyridine rings is 1. The summed E-state index contributed by atoms with van der Waals surface area (Å²) in [6, 6.07) is 6.27. The van der Waals surface area contributed by atoms with Crippen molar-refractivity contribution < 1.29 is 27.1 Å². The van der Waals surface area contributed by atoms with Gasteiger partial charge in [0.05, 0.1) is 35.5 Å². The summed E-state index contributed by atoms with van der Waals surface area (Å²) >= 11 is 0. The molecule has 3 aromatic rings. The molecule has 0 fully saturated rings. The van der Waals surface area contributed by atoms with Gasteiger partial charge in [0.15, 0.2) is 9.76 Å². The minimum absolute atomic E-state index is 0.115. The van der Waals surface area contributed by atoms with Crippen LogP contribution in [-0.2, 0) is 4.43 Å². The van der Waals surface area contributed by atoms with Gasteiger partial charge in [0.1, 0.15) is 11.5 Å². The van der Waals surface area contributed by atoms with Crippen LogP contribution >= 0.6 is 0 Å². The smallest absolute Gasteiger partial charge is 0.496 e. The van der Waals surface area contributed by atoms with E-state index in [-0.39, 0.29) is 28.2 Å². The van der Waals surface area contributed by atoms with Crippen molar-refractivity contribution in [3.05, 3.63) is 41.6 Å². The first-order chi connectivity index (χ1) is 16.6. The van der Waals surface area contributed by atoms with Gasteiger partial charge in [0.25, 0.3) is 0 Å². The normalized spacial score (nSPS) is 14.1. The van der Waals surface area contributed by atoms with Crippen LogP contribution in [0.3, 0.4) is 0 Å². The molecule has 0 radical (unpaired) electrons. The minimum atomic E-state index is -4.78. The number of benzene rings is 1. The highest BCUT2D eigenvalue weighted by Crippen LogP contribution is 2.39. The molecule has 3 rings (SSSR count). The van der Waals surface area contributed by atoms with Crippen LogP contribution in [0.15, 0.2) is 30.5 Å². The Morgan fingerprint density at radius 3 is 2.25 bits per heavy atom.